The minimum Gasteiger partial charge on any atom is -0.496 e. The largest absolute Gasteiger partial charge is 0.496 e. The highest BCUT2D eigenvalue weighted by Gasteiger charge is 2.19. The van der Waals surface area contributed by atoms with Crippen LogP contribution in [0.2, 0.25) is 0 Å². The molecule has 0 bridgehead atoms. The van der Waals surface area contributed by atoms with E-state index in [1.54, 1.807) is 27.0 Å². The maximum Gasteiger partial charge on any atom is 0.333 e. The summed E-state index contributed by atoms with van der Waals surface area (Å²) in [5, 5.41) is 0. The first-order valence-electron chi connectivity index (χ1n) is 7.63. The van der Waals surface area contributed by atoms with Gasteiger partial charge in [0.05, 0.1) is 7.11 Å². The molecule has 0 fully saturated rings. The third-order valence-corrected chi connectivity index (χ3v) is 3.29. The van der Waals surface area contributed by atoms with Gasteiger partial charge in [0.15, 0.2) is 6.29 Å². The van der Waals surface area contributed by atoms with Gasteiger partial charge in [0.2, 0.25) is 0 Å². The Balaban J connectivity index is 3.04. The van der Waals surface area contributed by atoms with Crippen molar-refractivity contribution in [2.45, 2.75) is 47.0 Å². The van der Waals surface area contributed by atoms with Gasteiger partial charge in [-0.25, -0.2) is 4.79 Å². The van der Waals surface area contributed by atoms with E-state index in [9.17, 15) is 4.79 Å². The van der Waals surface area contributed by atoms with Crippen molar-refractivity contribution >= 4 is 5.97 Å². The number of hydrogen-bond acceptors (Lipinski definition) is 5. The summed E-state index contributed by atoms with van der Waals surface area (Å²) in [5.41, 5.74) is 2.04. The number of aryl methyl sites for hydroxylation is 1. The van der Waals surface area contributed by atoms with Gasteiger partial charge in [-0.15, -0.1) is 0 Å². The molecule has 0 aromatic heterocycles. The molecular weight excluding hydrogens is 296 g/mol. The number of rotatable bonds is 8. The van der Waals surface area contributed by atoms with Crippen LogP contribution < -0.4 is 9.47 Å². The van der Waals surface area contributed by atoms with Gasteiger partial charge in [-0.2, -0.15) is 0 Å². The molecule has 1 rings (SSSR count). The van der Waals surface area contributed by atoms with E-state index in [1.807, 2.05) is 26.8 Å². The second-order valence-corrected chi connectivity index (χ2v) is 5.33. The van der Waals surface area contributed by atoms with Gasteiger partial charge in [0.25, 0.3) is 0 Å². The number of ether oxygens (including phenoxy) is 4. The zero-order valence-corrected chi connectivity index (χ0v) is 14.8. The van der Waals surface area contributed by atoms with Crippen molar-refractivity contribution in [3.8, 4) is 11.5 Å². The number of esters is 1. The van der Waals surface area contributed by atoms with Gasteiger partial charge >= 0.3 is 5.97 Å². The van der Waals surface area contributed by atoms with Crippen LogP contribution in [0.1, 0.15) is 44.9 Å². The monoisotopic (exact) mass is 322 g/mol. The third-order valence-electron chi connectivity index (χ3n) is 3.29. The fourth-order valence-corrected chi connectivity index (χ4v) is 2.09. The van der Waals surface area contributed by atoms with Crippen molar-refractivity contribution in [1.82, 2.24) is 0 Å². The van der Waals surface area contributed by atoms with E-state index in [4.69, 9.17) is 18.9 Å². The molecule has 0 aliphatic rings. The molecule has 0 spiro atoms. The van der Waals surface area contributed by atoms with E-state index >= 15 is 0 Å². The lowest BCUT2D eigenvalue weighted by atomic mass is 10.0. The van der Waals surface area contributed by atoms with Gasteiger partial charge in [0, 0.05) is 23.8 Å². The van der Waals surface area contributed by atoms with Gasteiger partial charge in [0.1, 0.15) is 17.6 Å². The Hall–Kier alpha value is -2.01. The van der Waals surface area contributed by atoms with Crippen LogP contribution in [-0.4, -0.2) is 26.0 Å². The molecule has 1 aromatic carbocycles. The summed E-state index contributed by atoms with van der Waals surface area (Å²) in [7, 11) is 1.57. The maximum atomic E-state index is 11.7. The molecule has 0 heterocycles. The molecule has 2 atom stereocenters. The molecule has 0 aliphatic heterocycles. The van der Waals surface area contributed by atoms with Crippen LogP contribution in [0.4, 0.5) is 0 Å². The Labute approximate surface area is 138 Å². The predicted octanol–water partition coefficient (Wildman–Crippen LogP) is 3.95. The first-order chi connectivity index (χ1) is 10.8. The van der Waals surface area contributed by atoms with Crippen LogP contribution >= 0.6 is 0 Å². The lowest BCUT2D eigenvalue weighted by Gasteiger charge is -2.21. The first kappa shape index (κ1) is 19.0. The molecule has 0 saturated carbocycles. The molecule has 1 aromatic rings. The van der Waals surface area contributed by atoms with E-state index in [0.717, 1.165) is 11.1 Å². The van der Waals surface area contributed by atoms with Crippen molar-refractivity contribution in [2.75, 3.05) is 13.7 Å². The summed E-state index contributed by atoms with van der Waals surface area (Å²) in [6.45, 7) is 13.2. The summed E-state index contributed by atoms with van der Waals surface area (Å²) in [6, 6.07) is 3.68. The van der Waals surface area contributed by atoms with E-state index in [2.05, 4.69) is 6.58 Å². The zero-order chi connectivity index (χ0) is 17.6. The van der Waals surface area contributed by atoms with Crippen LogP contribution in [0.15, 0.2) is 24.3 Å². The highest BCUT2D eigenvalue weighted by Crippen LogP contribution is 2.34. The highest BCUT2D eigenvalue weighted by molar-refractivity contribution is 5.87. The summed E-state index contributed by atoms with van der Waals surface area (Å²) in [6.07, 6.45) is -0.806. The van der Waals surface area contributed by atoms with Crippen LogP contribution in [-0.2, 0) is 14.3 Å². The second-order valence-electron chi connectivity index (χ2n) is 5.33. The Kier molecular flexibility index (Phi) is 7.10. The van der Waals surface area contributed by atoms with Crippen LogP contribution in [0, 0.1) is 6.92 Å². The number of methoxy groups -OCH3 is 1. The quantitative estimate of drug-likeness (QED) is 0.412. The molecule has 5 nitrogen and oxygen atoms in total. The number of hydrogen-bond donors (Lipinski definition) is 0. The summed E-state index contributed by atoms with van der Waals surface area (Å²) in [4.78, 5) is 11.7. The van der Waals surface area contributed by atoms with Crippen LogP contribution in [0.3, 0.4) is 0 Å². The predicted molar refractivity (Wildman–Crippen MR) is 88.8 cm³/mol. The first-order valence-corrected chi connectivity index (χ1v) is 7.63. The highest BCUT2D eigenvalue weighted by atomic mass is 16.7. The second kappa shape index (κ2) is 8.58. The van der Waals surface area contributed by atoms with Gasteiger partial charge in [-0.05, 0) is 46.2 Å². The average Bonchev–Trinajstić information content (AvgIpc) is 2.48. The molecule has 0 N–H and O–H groups in total. The molecular formula is C18H26O5. The van der Waals surface area contributed by atoms with Crippen LogP contribution in [0.5, 0.6) is 11.5 Å². The molecule has 2 unspecified atom stereocenters. The van der Waals surface area contributed by atoms with Gasteiger partial charge < -0.3 is 18.9 Å². The van der Waals surface area contributed by atoms with Crippen molar-refractivity contribution in [1.29, 1.82) is 0 Å². The van der Waals surface area contributed by atoms with Crippen molar-refractivity contribution in [3.63, 3.8) is 0 Å². The Morgan fingerprint density at radius 2 is 1.91 bits per heavy atom. The molecule has 0 radical (unpaired) electrons. The number of carbonyl (C=O) groups is 1. The van der Waals surface area contributed by atoms with Gasteiger partial charge in [-0.1, -0.05) is 6.58 Å². The van der Waals surface area contributed by atoms with Crippen molar-refractivity contribution in [2.24, 2.45) is 0 Å². The topological polar surface area (TPSA) is 54.0 Å². The molecule has 5 heteroatoms. The van der Waals surface area contributed by atoms with Crippen molar-refractivity contribution in [3.05, 3.63) is 35.4 Å². The Morgan fingerprint density at radius 1 is 1.26 bits per heavy atom. The summed E-state index contributed by atoms with van der Waals surface area (Å²) in [5.74, 6) is 0.837. The molecule has 0 amide bonds. The fourth-order valence-electron chi connectivity index (χ4n) is 2.09. The lowest BCUT2D eigenvalue weighted by molar-refractivity contribution is -0.143. The summed E-state index contributed by atoms with van der Waals surface area (Å²) < 4.78 is 21.9. The minimum atomic E-state index is -0.453. The zero-order valence-electron chi connectivity index (χ0n) is 14.8. The number of carbonyl (C=O) groups excluding carboxylic acids is 1. The van der Waals surface area contributed by atoms with Gasteiger partial charge in [-0.3, -0.25) is 0 Å². The minimum absolute atomic E-state index is 0.354. The maximum absolute atomic E-state index is 11.7. The summed E-state index contributed by atoms with van der Waals surface area (Å²) >= 11 is 0. The van der Waals surface area contributed by atoms with E-state index in [1.165, 1.54) is 0 Å². The van der Waals surface area contributed by atoms with E-state index < -0.39 is 12.1 Å². The van der Waals surface area contributed by atoms with E-state index in [-0.39, 0.29) is 6.29 Å². The Bertz CT molecular complexity index is 565. The van der Waals surface area contributed by atoms with Crippen molar-refractivity contribution < 1.29 is 23.7 Å². The SMILES string of the molecule is C=C(C)C(=O)OC(C)c1cc(C)c(OC(C)OCC)cc1OC. The molecule has 128 valence electrons. The lowest BCUT2D eigenvalue weighted by Crippen LogP contribution is -2.17. The average molecular weight is 322 g/mol. The molecule has 0 aliphatic carbocycles. The van der Waals surface area contributed by atoms with Crippen LogP contribution in [0.25, 0.3) is 0 Å². The molecule has 23 heavy (non-hydrogen) atoms. The van der Waals surface area contributed by atoms with E-state index in [0.29, 0.717) is 23.7 Å². The number of benzene rings is 1. The normalized spacial score (nSPS) is 13.1. The molecule has 0 saturated heterocycles. The third kappa shape index (κ3) is 5.28. The fraction of sp³-hybridized carbons (Fsp3) is 0.500. The standard InChI is InChI=1S/C18H26O5/c1-8-21-14(6)23-16-10-17(20-7)15(9-12(16)4)13(5)22-18(19)11(2)3/h9-10,13-14H,2,8H2,1,3-7H3. The Morgan fingerprint density at radius 3 is 2.43 bits per heavy atom. The smallest absolute Gasteiger partial charge is 0.333 e.